The first-order valence-corrected chi connectivity index (χ1v) is 13.2. The highest BCUT2D eigenvalue weighted by Crippen LogP contribution is 2.48. The molecule has 1 aliphatic heterocycles. The maximum Gasteiger partial charge on any atom is 0.330 e. The number of hydrogen-bond donors (Lipinski definition) is 0. The van der Waals surface area contributed by atoms with Gasteiger partial charge in [-0.15, -0.1) is 0 Å². The van der Waals surface area contributed by atoms with Gasteiger partial charge in [-0.2, -0.15) is 0 Å². The number of carbonyl (C=O) groups excluding carboxylic acids is 1. The monoisotopic (exact) mass is 537 g/mol. The summed E-state index contributed by atoms with van der Waals surface area (Å²) in [5.41, 5.74) is -1.02. The number of pyridine rings is 1. The molecule has 182 valence electrons. The normalized spacial score (nSPS) is 20.9. The summed E-state index contributed by atoms with van der Waals surface area (Å²) >= 11 is 3.23. The molecule has 0 bridgehead atoms. The van der Waals surface area contributed by atoms with Crippen LogP contribution < -0.4 is 10.2 Å². The van der Waals surface area contributed by atoms with E-state index in [1.807, 2.05) is 6.92 Å². The highest BCUT2D eigenvalue weighted by atomic mass is 79.9. The van der Waals surface area contributed by atoms with Gasteiger partial charge in [0.25, 0.3) is 0 Å². The second-order valence-corrected chi connectivity index (χ2v) is 10.7. The molecule has 1 aromatic rings. The topological polar surface area (TPSA) is 102 Å². The van der Waals surface area contributed by atoms with Crippen molar-refractivity contribution in [3.63, 3.8) is 0 Å². The van der Waals surface area contributed by atoms with E-state index in [1.54, 1.807) is 31.7 Å². The van der Waals surface area contributed by atoms with Gasteiger partial charge in [0.15, 0.2) is 11.5 Å². The third-order valence-corrected chi connectivity index (χ3v) is 8.36. The standard InChI is InChI=1S/C21H33BrNO8P/c1-6-30-32(26,31-7-2)12-8-10-29-11-9-21(3)16(27-4)14-23-13-15(22)18(24)19(28-5)17(23)20(21)25/h13,16H,6-12,14H2,1-5H3. The quantitative estimate of drug-likeness (QED) is 0.275. The summed E-state index contributed by atoms with van der Waals surface area (Å²) < 4.78 is 41.7. The van der Waals surface area contributed by atoms with Crippen LogP contribution in [0, 0.1) is 5.41 Å². The van der Waals surface area contributed by atoms with Crippen molar-refractivity contribution >= 4 is 29.3 Å². The maximum atomic E-state index is 13.5. The Bertz CT molecular complexity index is 895. The molecule has 0 radical (unpaired) electrons. The van der Waals surface area contributed by atoms with Gasteiger partial charge in [-0.3, -0.25) is 14.2 Å². The SMILES string of the molecule is CCOP(=O)(CCCOCCC1(C)C(=O)c2c(OC)c(=O)c(Br)cn2CC1OC)OCC. The van der Waals surface area contributed by atoms with Crippen molar-refractivity contribution in [1.29, 1.82) is 0 Å². The number of ether oxygens (including phenoxy) is 3. The fourth-order valence-corrected chi connectivity index (χ4v) is 5.95. The van der Waals surface area contributed by atoms with Gasteiger partial charge in [0, 0.05) is 26.5 Å². The molecule has 1 aromatic heterocycles. The van der Waals surface area contributed by atoms with E-state index in [2.05, 4.69) is 15.9 Å². The Morgan fingerprint density at radius 1 is 1.19 bits per heavy atom. The number of fused-ring (bicyclic) bond motifs is 1. The summed E-state index contributed by atoms with van der Waals surface area (Å²) in [5, 5.41) is 0. The van der Waals surface area contributed by atoms with Gasteiger partial charge in [0.05, 0.1) is 49.0 Å². The van der Waals surface area contributed by atoms with Crippen molar-refractivity contribution < 1.29 is 32.6 Å². The fourth-order valence-electron chi connectivity index (χ4n) is 3.89. The molecule has 0 spiro atoms. The van der Waals surface area contributed by atoms with E-state index in [4.69, 9.17) is 23.3 Å². The lowest BCUT2D eigenvalue weighted by atomic mass is 9.73. The Balaban J connectivity index is 2.05. The minimum absolute atomic E-state index is 0.0219. The summed E-state index contributed by atoms with van der Waals surface area (Å²) in [6.07, 6.45) is 2.37. The molecular weight excluding hydrogens is 505 g/mol. The second kappa shape index (κ2) is 11.9. The molecule has 2 unspecified atom stereocenters. The summed E-state index contributed by atoms with van der Waals surface area (Å²) in [6, 6.07) is 0. The van der Waals surface area contributed by atoms with E-state index in [-0.39, 0.29) is 28.8 Å². The van der Waals surface area contributed by atoms with Crippen molar-refractivity contribution in [3.05, 3.63) is 26.6 Å². The Morgan fingerprint density at radius 2 is 1.84 bits per heavy atom. The van der Waals surface area contributed by atoms with Crippen LogP contribution in [0.5, 0.6) is 5.75 Å². The first-order valence-electron chi connectivity index (χ1n) is 10.7. The largest absolute Gasteiger partial charge is 0.491 e. The van der Waals surface area contributed by atoms with Gasteiger partial charge >= 0.3 is 7.60 Å². The number of Topliss-reactive ketones (excluding diaryl/α,β-unsaturated/α-hetero) is 1. The van der Waals surface area contributed by atoms with E-state index in [9.17, 15) is 14.2 Å². The summed E-state index contributed by atoms with van der Waals surface area (Å²) in [6.45, 7) is 7.07. The molecule has 0 N–H and O–H groups in total. The van der Waals surface area contributed by atoms with Gasteiger partial charge in [-0.25, -0.2) is 0 Å². The summed E-state index contributed by atoms with van der Waals surface area (Å²) in [5.74, 6) is -0.202. The Morgan fingerprint density at radius 3 is 2.41 bits per heavy atom. The highest BCUT2D eigenvalue weighted by molar-refractivity contribution is 9.10. The van der Waals surface area contributed by atoms with Crippen LogP contribution in [-0.2, 0) is 29.6 Å². The third-order valence-electron chi connectivity index (χ3n) is 5.63. The lowest BCUT2D eigenvalue weighted by Crippen LogP contribution is -2.50. The highest BCUT2D eigenvalue weighted by Gasteiger charge is 2.48. The smallest absolute Gasteiger partial charge is 0.330 e. The zero-order valence-electron chi connectivity index (χ0n) is 19.3. The molecule has 2 rings (SSSR count). The van der Waals surface area contributed by atoms with Crippen LogP contribution >= 0.6 is 23.5 Å². The van der Waals surface area contributed by atoms with Crippen LogP contribution in [0.4, 0.5) is 0 Å². The van der Waals surface area contributed by atoms with Crippen molar-refractivity contribution in [1.82, 2.24) is 4.57 Å². The number of aromatic nitrogens is 1. The number of methoxy groups -OCH3 is 2. The van der Waals surface area contributed by atoms with E-state index in [0.717, 1.165) is 0 Å². The molecule has 9 nitrogen and oxygen atoms in total. The number of nitrogens with zero attached hydrogens (tertiary/aromatic N) is 1. The molecule has 0 saturated heterocycles. The van der Waals surface area contributed by atoms with Crippen LogP contribution in [0.15, 0.2) is 15.5 Å². The van der Waals surface area contributed by atoms with Crippen LogP contribution in [0.1, 0.15) is 44.1 Å². The molecule has 32 heavy (non-hydrogen) atoms. The summed E-state index contributed by atoms with van der Waals surface area (Å²) in [4.78, 5) is 25.9. The molecule has 0 amide bonds. The molecule has 0 saturated carbocycles. The average Bonchev–Trinajstić information content (AvgIpc) is 2.75. The Hall–Kier alpha value is -1.03. The van der Waals surface area contributed by atoms with Crippen molar-refractivity contribution in [2.75, 3.05) is 46.8 Å². The lowest BCUT2D eigenvalue weighted by molar-refractivity contribution is -0.0292. The van der Waals surface area contributed by atoms with E-state index < -0.39 is 19.1 Å². The molecular formula is C21H33BrNO8P. The van der Waals surface area contributed by atoms with Crippen LogP contribution in [-0.4, -0.2) is 63.3 Å². The zero-order valence-corrected chi connectivity index (χ0v) is 21.8. The predicted octanol–water partition coefficient (Wildman–Crippen LogP) is 3.90. The zero-order chi connectivity index (χ0) is 23.9. The third kappa shape index (κ3) is 5.90. The van der Waals surface area contributed by atoms with E-state index in [0.29, 0.717) is 50.3 Å². The van der Waals surface area contributed by atoms with Gasteiger partial charge < -0.3 is 27.8 Å². The van der Waals surface area contributed by atoms with Crippen molar-refractivity contribution in [2.45, 2.75) is 46.3 Å². The predicted molar refractivity (Wildman–Crippen MR) is 124 cm³/mol. The van der Waals surface area contributed by atoms with Crippen molar-refractivity contribution in [2.24, 2.45) is 5.41 Å². The van der Waals surface area contributed by atoms with Crippen LogP contribution in [0.2, 0.25) is 0 Å². The maximum absolute atomic E-state index is 13.5. The van der Waals surface area contributed by atoms with Gasteiger partial charge in [-0.1, -0.05) is 0 Å². The van der Waals surface area contributed by atoms with Gasteiger partial charge in [-0.05, 0) is 49.5 Å². The first-order chi connectivity index (χ1) is 15.2. The Labute approximate surface area is 197 Å². The minimum Gasteiger partial charge on any atom is -0.491 e. The number of rotatable bonds is 13. The molecule has 2 heterocycles. The first kappa shape index (κ1) is 27.2. The number of halogens is 1. The number of carbonyl (C=O) groups is 1. The average molecular weight is 538 g/mol. The number of hydrogen-bond acceptors (Lipinski definition) is 8. The molecule has 0 fully saturated rings. The lowest BCUT2D eigenvalue weighted by Gasteiger charge is -2.41. The minimum atomic E-state index is -3.09. The molecule has 11 heteroatoms. The number of ketones is 1. The Kier molecular flexibility index (Phi) is 10.1. The summed E-state index contributed by atoms with van der Waals surface area (Å²) in [7, 11) is -0.148. The molecule has 2 atom stereocenters. The van der Waals surface area contributed by atoms with Crippen LogP contribution in [0.25, 0.3) is 0 Å². The van der Waals surface area contributed by atoms with Gasteiger partial charge in [0.1, 0.15) is 5.69 Å². The van der Waals surface area contributed by atoms with E-state index in [1.165, 1.54) is 7.11 Å². The molecule has 0 aromatic carbocycles. The van der Waals surface area contributed by atoms with Crippen LogP contribution in [0.3, 0.4) is 0 Å². The fraction of sp³-hybridized carbons (Fsp3) is 0.714. The van der Waals surface area contributed by atoms with E-state index >= 15 is 0 Å². The molecule has 0 aliphatic carbocycles. The molecule has 1 aliphatic rings. The van der Waals surface area contributed by atoms with Gasteiger partial charge in [0.2, 0.25) is 5.43 Å². The second-order valence-electron chi connectivity index (χ2n) is 7.70. The van der Waals surface area contributed by atoms with Crippen molar-refractivity contribution in [3.8, 4) is 5.75 Å².